The van der Waals surface area contributed by atoms with Crippen molar-refractivity contribution in [3.63, 3.8) is 0 Å². The van der Waals surface area contributed by atoms with Crippen molar-refractivity contribution in [3.8, 4) is 0 Å². The number of para-hydroxylation sites is 1. The first-order valence-corrected chi connectivity index (χ1v) is 11.6. The third-order valence-electron chi connectivity index (χ3n) is 5.96. The molecule has 0 aromatic heterocycles. The zero-order chi connectivity index (χ0) is 23.2. The number of nitrogens with one attached hydrogen (secondary N) is 1. The van der Waals surface area contributed by atoms with Gasteiger partial charge in [-0.05, 0) is 49.7 Å². The highest BCUT2D eigenvalue weighted by Crippen LogP contribution is 2.59. The van der Waals surface area contributed by atoms with Gasteiger partial charge in [-0.3, -0.25) is 9.69 Å². The highest BCUT2D eigenvalue weighted by molar-refractivity contribution is 8.02. The van der Waals surface area contributed by atoms with Gasteiger partial charge < -0.3 is 10.2 Å². The van der Waals surface area contributed by atoms with Crippen molar-refractivity contribution >= 4 is 35.1 Å². The van der Waals surface area contributed by atoms with Crippen molar-refractivity contribution < 1.29 is 14.0 Å². The zero-order valence-corrected chi connectivity index (χ0v) is 19.2. The van der Waals surface area contributed by atoms with Gasteiger partial charge in [-0.2, -0.15) is 0 Å². The molecule has 3 amide bonds. The smallest absolute Gasteiger partial charge is 0.308 e. The van der Waals surface area contributed by atoms with E-state index >= 15 is 0 Å². The van der Waals surface area contributed by atoms with Gasteiger partial charge >= 0.3 is 6.03 Å². The summed E-state index contributed by atoms with van der Waals surface area (Å²) in [5.74, 6) is -0.504. The maximum atomic E-state index is 14.1. The maximum Gasteiger partial charge on any atom is 0.323 e. The number of hydrogen-bond donors (Lipinski definition) is 1. The van der Waals surface area contributed by atoms with Crippen LogP contribution in [0, 0.1) is 5.82 Å². The Balaban J connectivity index is 1.55. The van der Waals surface area contributed by atoms with E-state index in [9.17, 15) is 14.0 Å². The minimum absolute atomic E-state index is 0.127. The lowest BCUT2D eigenvalue weighted by atomic mass is 10.1. The molecule has 33 heavy (non-hydrogen) atoms. The number of carbonyl (C=O) groups is 2. The lowest BCUT2D eigenvalue weighted by Gasteiger charge is -2.33. The number of fused-ring (bicyclic) bond motifs is 2. The summed E-state index contributed by atoms with van der Waals surface area (Å²) in [6.45, 7) is 4.90. The van der Waals surface area contributed by atoms with Crippen molar-refractivity contribution in [1.82, 2.24) is 4.90 Å². The second kappa shape index (κ2) is 7.92. The van der Waals surface area contributed by atoms with Crippen molar-refractivity contribution in [1.29, 1.82) is 0 Å². The van der Waals surface area contributed by atoms with Gasteiger partial charge in [0, 0.05) is 22.5 Å². The molecule has 0 saturated carbocycles. The molecule has 3 aromatic rings. The standard InChI is InChI=1S/C26H24FN3O2S/c1-25(2)17-30(24(32)28-20-14-12-19(27)13-15-20)26(33-25)21-10-6-7-11-22(21)29(23(26)31)16-18-8-4-3-5-9-18/h3-15H,16-17H2,1-2H3,(H,28,32). The normalized spacial score (nSPS) is 20.9. The second-order valence-electron chi connectivity index (χ2n) is 8.92. The summed E-state index contributed by atoms with van der Waals surface area (Å²) in [6.07, 6.45) is 0. The molecule has 5 nitrogen and oxygen atoms in total. The van der Waals surface area contributed by atoms with Crippen LogP contribution in [-0.4, -0.2) is 28.1 Å². The predicted molar refractivity (Wildman–Crippen MR) is 130 cm³/mol. The van der Waals surface area contributed by atoms with Gasteiger partial charge in [0.2, 0.25) is 0 Å². The van der Waals surface area contributed by atoms with Crippen LogP contribution in [0.4, 0.5) is 20.6 Å². The number of nitrogens with zero attached hydrogens (tertiary/aromatic N) is 2. The Morgan fingerprint density at radius 2 is 1.67 bits per heavy atom. The highest BCUT2D eigenvalue weighted by Gasteiger charge is 2.63. The molecule has 2 heterocycles. The molecule has 168 valence electrons. The molecular formula is C26H24FN3O2S. The predicted octanol–water partition coefficient (Wildman–Crippen LogP) is 5.58. The van der Waals surface area contributed by atoms with Gasteiger partial charge in [0.1, 0.15) is 5.82 Å². The number of halogens is 1. The SMILES string of the molecule is CC1(C)CN(C(=O)Nc2ccc(F)cc2)C2(S1)C(=O)N(Cc1ccccc1)c1ccccc12. The van der Waals surface area contributed by atoms with Crippen LogP contribution in [0.3, 0.4) is 0 Å². The molecule has 5 rings (SSSR count). The maximum absolute atomic E-state index is 14.1. The molecule has 2 aliphatic rings. The van der Waals surface area contributed by atoms with Crippen molar-refractivity contribution in [2.45, 2.75) is 30.0 Å². The molecule has 1 atom stereocenters. The van der Waals surface area contributed by atoms with E-state index < -0.39 is 4.87 Å². The first kappa shape index (κ1) is 21.5. The number of amides is 3. The lowest BCUT2D eigenvalue weighted by molar-refractivity contribution is -0.123. The summed E-state index contributed by atoms with van der Waals surface area (Å²) in [4.78, 5) is 29.9. The molecule has 0 aliphatic carbocycles. The Morgan fingerprint density at radius 3 is 2.39 bits per heavy atom. The molecule has 1 saturated heterocycles. The molecule has 7 heteroatoms. The third kappa shape index (κ3) is 3.66. The number of thioether (sulfide) groups is 1. The van der Waals surface area contributed by atoms with Crippen LogP contribution in [0.1, 0.15) is 25.0 Å². The van der Waals surface area contributed by atoms with Gasteiger partial charge in [0.15, 0.2) is 4.87 Å². The molecule has 0 radical (unpaired) electrons. The van der Waals surface area contributed by atoms with E-state index in [-0.39, 0.29) is 22.5 Å². The van der Waals surface area contributed by atoms with Crippen LogP contribution in [-0.2, 0) is 16.2 Å². The Kier molecular flexibility index (Phi) is 5.16. The number of carbonyl (C=O) groups excluding carboxylic acids is 2. The topological polar surface area (TPSA) is 52.7 Å². The van der Waals surface area contributed by atoms with E-state index in [2.05, 4.69) is 5.32 Å². The van der Waals surface area contributed by atoms with Crippen LogP contribution < -0.4 is 10.2 Å². The molecule has 1 unspecified atom stereocenters. The summed E-state index contributed by atoms with van der Waals surface area (Å²) < 4.78 is 13.0. The monoisotopic (exact) mass is 461 g/mol. The van der Waals surface area contributed by atoms with Gasteiger partial charge in [0.05, 0.1) is 12.2 Å². The third-order valence-corrected chi connectivity index (χ3v) is 7.55. The number of hydrogen-bond acceptors (Lipinski definition) is 3. The minimum atomic E-state index is -1.17. The summed E-state index contributed by atoms with van der Waals surface area (Å²) in [6, 6.07) is 22.8. The van der Waals surface area contributed by atoms with E-state index in [4.69, 9.17) is 0 Å². The van der Waals surface area contributed by atoms with E-state index in [0.29, 0.717) is 18.8 Å². The number of rotatable bonds is 3. The molecule has 0 bridgehead atoms. The van der Waals surface area contributed by atoms with Crippen molar-refractivity contribution in [3.05, 3.63) is 95.8 Å². The minimum Gasteiger partial charge on any atom is -0.308 e. The average Bonchev–Trinajstić information content (AvgIpc) is 3.22. The van der Waals surface area contributed by atoms with Crippen LogP contribution in [0.15, 0.2) is 78.9 Å². The number of benzene rings is 3. The number of anilines is 2. The molecule has 1 spiro atoms. The summed E-state index contributed by atoms with van der Waals surface area (Å²) in [5.41, 5.74) is 3.13. The van der Waals surface area contributed by atoms with E-state index in [1.807, 2.05) is 68.4 Å². The molecule has 1 fully saturated rings. The molecular weight excluding hydrogens is 437 g/mol. The Bertz CT molecular complexity index is 1220. The average molecular weight is 462 g/mol. The first-order valence-electron chi connectivity index (χ1n) is 10.8. The van der Waals surface area contributed by atoms with Crippen molar-refractivity contribution in [2.75, 3.05) is 16.8 Å². The lowest BCUT2D eigenvalue weighted by Crippen LogP contribution is -2.51. The Hall–Kier alpha value is -3.32. The fourth-order valence-electron chi connectivity index (χ4n) is 4.60. The first-order chi connectivity index (χ1) is 15.8. The molecule has 3 aromatic carbocycles. The van der Waals surface area contributed by atoms with Crippen LogP contribution in [0.2, 0.25) is 0 Å². The summed E-state index contributed by atoms with van der Waals surface area (Å²) >= 11 is 1.51. The van der Waals surface area contributed by atoms with E-state index in [0.717, 1.165) is 16.8 Å². The summed E-state index contributed by atoms with van der Waals surface area (Å²) in [7, 11) is 0. The second-order valence-corrected chi connectivity index (χ2v) is 10.8. The zero-order valence-electron chi connectivity index (χ0n) is 18.4. The van der Waals surface area contributed by atoms with Gasteiger partial charge in [-0.15, -0.1) is 11.8 Å². The fraction of sp³-hybridized carbons (Fsp3) is 0.231. The highest BCUT2D eigenvalue weighted by atomic mass is 32.2. The van der Waals surface area contributed by atoms with Crippen LogP contribution in [0.5, 0.6) is 0 Å². The van der Waals surface area contributed by atoms with Gasteiger partial charge in [0.25, 0.3) is 5.91 Å². The number of urea groups is 1. The molecule has 2 aliphatic heterocycles. The Morgan fingerprint density at radius 1 is 1.00 bits per heavy atom. The van der Waals surface area contributed by atoms with Crippen molar-refractivity contribution in [2.24, 2.45) is 0 Å². The van der Waals surface area contributed by atoms with E-state index in [1.165, 1.54) is 36.0 Å². The largest absolute Gasteiger partial charge is 0.323 e. The molecule has 1 N–H and O–H groups in total. The van der Waals surface area contributed by atoms with Crippen LogP contribution in [0.25, 0.3) is 0 Å². The summed E-state index contributed by atoms with van der Waals surface area (Å²) in [5, 5.41) is 2.85. The quantitative estimate of drug-likeness (QED) is 0.554. The van der Waals surface area contributed by atoms with Crippen LogP contribution >= 0.6 is 11.8 Å². The van der Waals surface area contributed by atoms with Gasteiger partial charge in [-0.25, -0.2) is 9.18 Å². The van der Waals surface area contributed by atoms with E-state index in [1.54, 1.807) is 9.80 Å². The van der Waals surface area contributed by atoms with Gasteiger partial charge in [-0.1, -0.05) is 48.5 Å². The fourth-order valence-corrected chi connectivity index (χ4v) is 6.33. The Labute approximate surface area is 196 Å².